The van der Waals surface area contributed by atoms with Crippen LogP contribution in [0.25, 0.3) is 11.1 Å². The van der Waals surface area contributed by atoms with Gasteiger partial charge >= 0.3 is 12.3 Å². The SMILES string of the molecule is COC(=O)Nc1cccc(-c2ccnc(NC3CCCCC3NC3CCCN(c4cnc(C(F)(F)F)nc4)C3)c2)c1. The fourth-order valence-corrected chi connectivity index (χ4v) is 5.61. The second kappa shape index (κ2) is 12.7. The number of hydrogen-bond donors (Lipinski definition) is 3. The molecule has 1 amide bonds. The van der Waals surface area contributed by atoms with Crippen LogP contribution in [0.4, 0.5) is 35.2 Å². The highest BCUT2D eigenvalue weighted by Gasteiger charge is 2.35. The van der Waals surface area contributed by atoms with E-state index in [9.17, 15) is 18.0 Å². The molecule has 1 saturated carbocycles. The number of methoxy groups -OCH3 is 1. The summed E-state index contributed by atoms with van der Waals surface area (Å²) in [6, 6.07) is 12.1. The number of amides is 1. The molecule has 1 aliphatic heterocycles. The summed E-state index contributed by atoms with van der Waals surface area (Å²) >= 11 is 0. The van der Waals surface area contributed by atoms with Crippen LogP contribution in [0.1, 0.15) is 44.3 Å². The number of rotatable bonds is 7. The van der Waals surface area contributed by atoms with E-state index in [-0.39, 0.29) is 18.1 Å². The van der Waals surface area contributed by atoms with E-state index in [1.165, 1.54) is 19.5 Å². The molecule has 0 spiro atoms. The normalized spacial score (nSPS) is 21.3. The van der Waals surface area contributed by atoms with Crippen molar-refractivity contribution < 1.29 is 22.7 Å². The number of anilines is 3. The second-order valence-corrected chi connectivity index (χ2v) is 10.5. The Hall–Kier alpha value is -3.93. The van der Waals surface area contributed by atoms with E-state index in [0.29, 0.717) is 17.9 Å². The van der Waals surface area contributed by atoms with Crippen molar-refractivity contribution in [2.45, 2.75) is 62.8 Å². The van der Waals surface area contributed by atoms with Gasteiger partial charge in [-0.3, -0.25) is 5.32 Å². The summed E-state index contributed by atoms with van der Waals surface area (Å²) in [6.45, 7) is 1.44. The van der Waals surface area contributed by atoms with Gasteiger partial charge in [-0.1, -0.05) is 25.0 Å². The quantitative estimate of drug-likeness (QED) is 0.332. The number of benzene rings is 1. The number of piperidine rings is 1. The maximum atomic E-state index is 12.9. The molecule has 218 valence electrons. The number of halogens is 3. The number of hydrogen-bond acceptors (Lipinski definition) is 8. The number of nitrogens with one attached hydrogen (secondary N) is 3. The molecule has 9 nitrogen and oxygen atoms in total. The molecule has 3 aromatic rings. The van der Waals surface area contributed by atoms with Crippen LogP contribution < -0.4 is 20.9 Å². The van der Waals surface area contributed by atoms with Gasteiger partial charge in [-0.05, 0) is 61.1 Å². The molecule has 0 bridgehead atoms. The van der Waals surface area contributed by atoms with Crippen molar-refractivity contribution >= 4 is 23.3 Å². The first-order chi connectivity index (χ1) is 19.8. The van der Waals surface area contributed by atoms with Gasteiger partial charge in [-0.2, -0.15) is 13.2 Å². The lowest BCUT2D eigenvalue weighted by atomic mass is 9.89. The van der Waals surface area contributed by atoms with Crippen LogP contribution >= 0.6 is 0 Å². The van der Waals surface area contributed by atoms with Gasteiger partial charge in [0.1, 0.15) is 5.82 Å². The molecule has 0 radical (unpaired) electrons. The van der Waals surface area contributed by atoms with Crippen LogP contribution in [0, 0.1) is 0 Å². The zero-order chi connectivity index (χ0) is 28.8. The molecule has 12 heteroatoms. The molecule has 1 aliphatic carbocycles. The van der Waals surface area contributed by atoms with Gasteiger partial charge < -0.3 is 20.3 Å². The Kier molecular flexibility index (Phi) is 8.87. The maximum Gasteiger partial charge on any atom is 0.451 e. The molecule has 3 heterocycles. The number of pyridine rings is 1. The summed E-state index contributed by atoms with van der Waals surface area (Å²) in [7, 11) is 1.33. The van der Waals surface area contributed by atoms with Gasteiger partial charge in [-0.15, -0.1) is 0 Å². The van der Waals surface area contributed by atoms with Crippen LogP contribution in [0.15, 0.2) is 55.0 Å². The number of nitrogens with zero attached hydrogens (tertiary/aromatic N) is 4. The first kappa shape index (κ1) is 28.6. The van der Waals surface area contributed by atoms with Gasteiger partial charge in [0.15, 0.2) is 0 Å². The van der Waals surface area contributed by atoms with Gasteiger partial charge in [0.2, 0.25) is 5.82 Å². The summed E-state index contributed by atoms with van der Waals surface area (Å²) in [6.07, 6.45) is 5.44. The molecule has 41 heavy (non-hydrogen) atoms. The third-order valence-corrected chi connectivity index (χ3v) is 7.61. The molecule has 2 aliphatic rings. The van der Waals surface area contributed by atoms with E-state index >= 15 is 0 Å². The van der Waals surface area contributed by atoms with Crippen molar-refractivity contribution in [1.82, 2.24) is 20.3 Å². The molecule has 2 aromatic heterocycles. The fraction of sp³-hybridized carbons (Fsp3) is 0.448. The lowest BCUT2D eigenvalue weighted by molar-refractivity contribution is -0.145. The van der Waals surface area contributed by atoms with Crippen LogP contribution in [-0.4, -0.2) is 59.4 Å². The lowest BCUT2D eigenvalue weighted by Gasteiger charge is -2.40. The fourth-order valence-electron chi connectivity index (χ4n) is 5.61. The highest BCUT2D eigenvalue weighted by Crippen LogP contribution is 2.29. The van der Waals surface area contributed by atoms with Crippen molar-refractivity contribution in [3.8, 4) is 11.1 Å². The summed E-state index contributed by atoms with van der Waals surface area (Å²) in [5.41, 5.74) is 3.16. The lowest BCUT2D eigenvalue weighted by Crippen LogP contribution is -2.55. The smallest absolute Gasteiger partial charge is 0.451 e. The van der Waals surface area contributed by atoms with Crippen molar-refractivity contribution in [2.75, 3.05) is 35.7 Å². The average Bonchev–Trinajstić information content (AvgIpc) is 2.98. The van der Waals surface area contributed by atoms with Crippen LogP contribution in [-0.2, 0) is 10.9 Å². The Morgan fingerprint density at radius 1 is 0.976 bits per heavy atom. The summed E-state index contributed by atoms with van der Waals surface area (Å²) in [5, 5.41) is 10.2. The number of alkyl halides is 3. The van der Waals surface area contributed by atoms with Crippen LogP contribution in [0.2, 0.25) is 0 Å². The van der Waals surface area contributed by atoms with Gasteiger partial charge in [0, 0.05) is 43.1 Å². The van der Waals surface area contributed by atoms with E-state index in [1.54, 1.807) is 12.3 Å². The van der Waals surface area contributed by atoms with E-state index in [4.69, 9.17) is 4.74 Å². The van der Waals surface area contributed by atoms with Crippen molar-refractivity contribution in [3.05, 3.63) is 60.8 Å². The molecule has 3 atom stereocenters. The number of aromatic nitrogens is 3. The van der Waals surface area contributed by atoms with Crippen molar-refractivity contribution in [2.24, 2.45) is 0 Å². The monoisotopic (exact) mass is 569 g/mol. The first-order valence-electron chi connectivity index (χ1n) is 13.9. The average molecular weight is 570 g/mol. The van der Waals surface area contributed by atoms with Crippen molar-refractivity contribution in [1.29, 1.82) is 0 Å². The minimum atomic E-state index is -4.55. The van der Waals surface area contributed by atoms with Crippen LogP contribution in [0.5, 0.6) is 0 Å². The Labute approximate surface area is 236 Å². The summed E-state index contributed by atoms with van der Waals surface area (Å²) < 4.78 is 43.3. The zero-order valence-electron chi connectivity index (χ0n) is 22.8. The van der Waals surface area contributed by atoms with Gasteiger partial charge in [0.05, 0.1) is 25.2 Å². The predicted octanol–water partition coefficient (Wildman–Crippen LogP) is 5.72. The maximum absolute atomic E-state index is 12.9. The molecular formula is C29H34F3N7O2. The highest BCUT2D eigenvalue weighted by molar-refractivity contribution is 5.85. The number of carbonyl (C=O) groups is 1. The minimum Gasteiger partial charge on any atom is -0.453 e. The Morgan fingerprint density at radius 3 is 2.49 bits per heavy atom. The van der Waals surface area contributed by atoms with E-state index in [2.05, 4.69) is 35.8 Å². The Balaban J connectivity index is 1.23. The first-order valence-corrected chi connectivity index (χ1v) is 13.9. The topological polar surface area (TPSA) is 104 Å². The minimum absolute atomic E-state index is 0.184. The molecule has 5 rings (SSSR count). The van der Waals surface area contributed by atoms with Gasteiger partial charge in [0.25, 0.3) is 0 Å². The van der Waals surface area contributed by atoms with E-state index < -0.39 is 18.1 Å². The molecule has 3 unspecified atom stereocenters. The molecule has 1 saturated heterocycles. The summed E-state index contributed by atoms with van der Waals surface area (Å²) in [4.78, 5) is 25.3. The number of carbonyl (C=O) groups excluding carboxylic acids is 1. The molecule has 3 N–H and O–H groups in total. The second-order valence-electron chi connectivity index (χ2n) is 10.5. The highest BCUT2D eigenvalue weighted by atomic mass is 19.4. The third kappa shape index (κ3) is 7.43. The Morgan fingerprint density at radius 2 is 1.73 bits per heavy atom. The Bertz CT molecular complexity index is 1320. The molecular weight excluding hydrogens is 535 g/mol. The molecule has 1 aromatic carbocycles. The van der Waals surface area contributed by atoms with Crippen molar-refractivity contribution in [3.63, 3.8) is 0 Å². The third-order valence-electron chi connectivity index (χ3n) is 7.61. The van der Waals surface area contributed by atoms with Crippen LogP contribution in [0.3, 0.4) is 0 Å². The van der Waals surface area contributed by atoms with E-state index in [0.717, 1.165) is 62.0 Å². The summed E-state index contributed by atoms with van der Waals surface area (Å²) in [5.74, 6) is -0.341. The standard InChI is InChI=1S/C29H34F3N7O2/c1-41-28(40)37-21-7-4-6-19(14-21)20-11-12-33-26(15-20)38-25-10-3-2-9-24(25)36-22-8-5-13-39(18-22)23-16-34-27(35-17-23)29(30,31)32/h4,6-7,11-12,14-17,22,24-25,36H,2-3,5,8-10,13,18H2,1H3,(H,33,38)(H,37,40). The zero-order valence-corrected chi connectivity index (χ0v) is 22.8. The van der Waals surface area contributed by atoms with E-state index in [1.807, 2.05) is 30.3 Å². The largest absolute Gasteiger partial charge is 0.453 e. The predicted molar refractivity (Wildman–Crippen MR) is 151 cm³/mol. The van der Waals surface area contributed by atoms with Gasteiger partial charge in [-0.25, -0.2) is 19.7 Å². The molecule has 2 fully saturated rings. The number of ether oxygens (including phenoxy) is 1.